The van der Waals surface area contributed by atoms with Gasteiger partial charge in [0.25, 0.3) is 0 Å². The number of methoxy groups -OCH3 is 1. The Labute approximate surface area is 89.2 Å². The molecule has 0 aromatic carbocycles. The Morgan fingerprint density at radius 2 is 2.33 bits per heavy atom. The summed E-state index contributed by atoms with van der Waals surface area (Å²) < 4.78 is 9.76. The lowest BCUT2D eigenvalue weighted by Gasteiger charge is -2.25. The van der Waals surface area contributed by atoms with E-state index in [9.17, 15) is 9.90 Å². The molecule has 1 saturated heterocycles. The van der Waals surface area contributed by atoms with E-state index in [1.807, 2.05) is 0 Å². The zero-order valence-electron chi connectivity index (χ0n) is 8.76. The Bertz CT molecular complexity index is 257. The molecule has 1 aliphatic rings. The van der Waals surface area contributed by atoms with Crippen LogP contribution in [-0.4, -0.2) is 37.0 Å². The summed E-state index contributed by atoms with van der Waals surface area (Å²) in [5.41, 5.74) is 0. The number of hydrogen-bond acceptors (Lipinski definition) is 4. The molecule has 2 atom stereocenters. The molecule has 1 N–H and O–H groups in total. The predicted octanol–water partition coefficient (Wildman–Crippen LogP) is 0.812. The number of aliphatic hydroxyl groups is 1. The zero-order chi connectivity index (χ0) is 11.1. The van der Waals surface area contributed by atoms with Gasteiger partial charge in [-0.15, -0.1) is 0 Å². The van der Waals surface area contributed by atoms with Gasteiger partial charge < -0.3 is 14.6 Å². The molecule has 0 spiro atoms. The van der Waals surface area contributed by atoms with Crippen LogP contribution in [0.3, 0.4) is 0 Å². The number of carbonyl (C=O) groups excluding carboxylic acids is 1. The number of aliphatic hydroxyl groups excluding tert-OH is 1. The standard InChI is InChI=1S/C11H16O4/c1-14-11(13)7-3-2-6-10-9(12)5-4-8-15-10/h2-3,6-7,9-10,12H,4-5,8H2,1H3/b6-2-,7-3+/t9-,10+/m0/s1. The van der Waals surface area contributed by atoms with Crippen molar-refractivity contribution in [3.05, 3.63) is 24.3 Å². The van der Waals surface area contributed by atoms with Crippen molar-refractivity contribution in [2.45, 2.75) is 25.0 Å². The van der Waals surface area contributed by atoms with E-state index in [1.54, 1.807) is 18.2 Å². The van der Waals surface area contributed by atoms with Gasteiger partial charge in [0.2, 0.25) is 0 Å². The highest BCUT2D eigenvalue weighted by Gasteiger charge is 2.20. The Morgan fingerprint density at radius 3 is 3.00 bits per heavy atom. The third kappa shape index (κ3) is 4.27. The summed E-state index contributed by atoms with van der Waals surface area (Å²) in [6.45, 7) is 0.673. The number of esters is 1. The summed E-state index contributed by atoms with van der Waals surface area (Å²) in [7, 11) is 1.32. The van der Waals surface area contributed by atoms with Crippen LogP contribution in [0.1, 0.15) is 12.8 Å². The van der Waals surface area contributed by atoms with E-state index in [1.165, 1.54) is 13.2 Å². The van der Waals surface area contributed by atoms with E-state index in [0.717, 1.165) is 12.8 Å². The average Bonchev–Trinajstić information content (AvgIpc) is 2.26. The molecule has 1 rings (SSSR count). The number of rotatable bonds is 3. The molecular weight excluding hydrogens is 196 g/mol. The van der Waals surface area contributed by atoms with Gasteiger partial charge in [-0.05, 0) is 12.8 Å². The van der Waals surface area contributed by atoms with Crippen molar-refractivity contribution in [3.8, 4) is 0 Å². The van der Waals surface area contributed by atoms with Crippen molar-refractivity contribution in [3.63, 3.8) is 0 Å². The summed E-state index contributed by atoms with van der Waals surface area (Å²) in [4.78, 5) is 10.7. The maximum atomic E-state index is 10.7. The summed E-state index contributed by atoms with van der Waals surface area (Å²) in [6, 6.07) is 0. The second-order valence-electron chi connectivity index (χ2n) is 3.31. The minimum Gasteiger partial charge on any atom is -0.466 e. The van der Waals surface area contributed by atoms with Gasteiger partial charge in [-0.3, -0.25) is 0 Å². The third-order valence-corrected chi connectivity index (χ3v) is 2.18. The lowest BCUT2D eigenvalue weighted by molar-refractivity contribution is -0.134. The van der Waals surface area contributed by atoms with Crippen molar-refractivity contribution >= 4 is 5.97 Å². The van der Waals surface area contributed by atoms with Crippen molar-refractivity contribution < 1.29 is 19.4 Å². The van der Waals surface area contributed by atoms with Crippen LogP contribution >= 0.6 is 0 Å². The van der Waals surface area contributed by atoms with Gasteiger partial charge >= 0.3 is 5.97 Å². The van der Waals surface area contributed by atoms with E-state index in [2.05, 4.69) is 4.74 Å². The maximum absolute atomic E-state index is 10.7. The fraction of sp³-hybridized carbons (Fsp3) is 0.545. The summed E-state index contributed by atoms with van der Waals surface area (Å²) >= 11 is 0. The lowest BCUT2D eigenvalue weighted by Crippen LogP contribution is -2.32. The van der Waals surface area contributed by atoms with Crippen LogP contribution in [0.2, 0.25) is 0 Å². The molecule has 1 fully saturated rings. The molecule has 4 nitrogen and oxygen atoms in total. The van der Waals surface area contributed by atoms with Crippen LogP contribution < -0.4 is 0 Å². The van der Waals surface area contributed by atoms with Crippen LogP contribution in [0.5, 0.6) is 0 Å². The molecule has 0 saturated carbocycles. The third-order valence-electron chi connectivity index (χ3n) is 2.18. The van der Waals surface area contributed by atoms with Crippen molar-refractivity contribution in [1.29, 1.82) is 0 Å². The molecular formula is C11H16O4. The van der Waals surface area contributed by atoms with Gasteiger partial charge in [0.05, 0.1) is 13.2 Å². The van der Waals surface area contributed by atoms with Crippen LogP contribution in [-0.2, 0) is 14.3 Å². The average molecular weight is 212 g/mol. The molecule has 15 heavy (non-hydrogen) atoms. The SMILES string of the molecule is COC(=O)/C=C/C=C\[C@H]1OCCC[C@@H]1O. The first-order valence-corrected chi connectivity index (χ1v) is 4.96. The second kappa shape index (κ2) is 6.37. The first kappa shape index (κ1) is 11.9. The molecule has 1 aliphatic heterocycles. The first-order valence-electron chi connectivity index (χ1n) is 4.96. The molecule has 0 unspecified atom stereocenters. The van der Waals surface area contributed by atoms with Gasteiger partial charge in [-0.1, -0.05) is 18.2 Å². The molecule has 1 heterocycles. The Morgan fingerprint density at radius 1 is 1.53 bits per heavy atom. The molecule has 4 heteroatoms. The Kier molecular flexibility index (Phi) is 5.07. The quantitative estimate of drug-likeness (QED) is 0.427. The van der Waals surface area contributed by atoms with Crippen LogP contribution in [0, 0.1) is 0 Å². The highest BCUT2D eigenvalue weighted by atomic mass is 16.5. The summed E-state index contributed by atoms with van der Waals surface area (Å²) in [5, 5.41) is 9.53. The molecule has 0 aromatic heterocycles. The number of ether oxygens (including phenoxy) is 2. The van der Waals surface area contributed by atoms with Gasteiger partial charge in [-0.25, -0.2) is 4.79 Å². The molecule has 0 aromatic rings. The van der Waals surface area contributed by atoms with Crippen molar-refractivity contribution in [2.24, 2.45) is 0 Å². The minimum absolute atomic E-state index is 0.263. The van der Waals surface area contributed by atoms with E-state index in [0.29, 0.717) is 6.61 Å². The topological polar surface area (TPSA) is 55.8 Å². The number of carbonyl (C=O) groups is 1. The maximum Gasteiger partial charge on any atom is 0.330 e. The summed E-state index contributed by atoms with van der Waals surface area (Å²) in [5.74, 6) is -0.398. The minimum atomic E-state index is -0.443. The normalized spacial score (nSPS) is 27.3. The highest BCUT2D eigenvalue weighted by molar-refractivity contribution is 5.82. The molecule has 0 amide bonds. The molecule has 0 aliphatic carbocycles. The fourth-order valence-corrected chi connectivity index (χ4v) is 1.35. The number of allylic oxidation sites excluding steroid dienone is 2. The van der Waals surface area contributed by atoms with Crippen LogP contribution in [0.15, 0.2) is 24.3 Å². The predicted molar refractivity (Wildman–Crippen MR) is 55.3 cm³/mol. The molecule has 0 bridgehead atoms. The van der Waals surface area contributed by atoms with E-state index in [-0.39, 0.29) is 6.10 Å². The largest absolute Gasteiger partial charge is 0.466 e. The van der Waals surface area contributed by atoms with Crippen LogP contribution in [0.4, 0.5) is 0 Å². The van der Waals surface area contributed by atoms with E-state index in [4.69, 9.17) is 4.74 Å². The lowest BCUT2D eigenvalue weighted by atomic mass is 10.1. The van der Waals surface area contributed by atoms with E-state index >= 15 is 0 Å². The second-order valence-corrected chi connectivity index (χ2v) is 3.31. The van der Waals surface area contributed by atoms with Gasteiger partial charge in [-0.2, -0.15) is 0 Å². The van der Waals surface area contributed by atoms with Gasteiger partial charge in [0, 0.05) is 12.7 Å². The van der Waals surface area contributed by atoms with Gasteiger partial charge in [0.15, 0.2) is 0 Å². The van der Waals surface area contributed by atoms with Crippen LogP contribution in [0.25, 0.3) is 0 Å². The Hall–Kier alpha value is -1.13. The monoisotopic (exact) mass is 212 g/mol. The smallest absolute Gasteiger partial charge is 0.330 e. The highest BCUT2D eigenvalue weighted by Crippen LogP contribution is 2.14. The molecule has 84 valence electrons. The first-order chi connectivity index (χ1) is 7.24. The van der Waals surface area contributed by atoms with E-state index < -0.39 is 12.1 Å². The number of hydrogen-bond donors (Lipinski definition) is 1. The zero-order valence-corrected chi connectivity index (χ0v) is 8.76. The summed E-state index contributed by atoms with van der Waals surface area (Å²) in [6.07, 6.45) is 7.24. The van der Waals surface area contributed by atoms with Crippen molar-refractivity contribution in [2.75, 3.05) is 13.7 Å². The molecule has 0 radical (unpaired) electrons. The van der Waals surface area contributed by atoms with Crippen molar-refractivity contribution in [1.82, 2.24) is 0 Å². The fourth-order valence-electron chi connectivity index (χ4n) is 1.35. The van der Waals surface area contributed by atoms with Gasteiger partial charge in [0.1, 0.15) is 6.10 Å². The Balaban J connectivity index is 2.36.